The number of aromatic amines is 1. The molecule has 1 aliphatic rings. The molecule has 0 spiro atoms. The van der Waals surface area contributed by atoms with E-state index >= 15 is 0 Å². The van der Waals surface area contributed by atoms with E-state index < -0.39 is 27.7 Å². The molecule has 1 unspecified atom stereocenters. The summed E-state index contributed by atoms with van der Waals surface area (Å²) in [4.78, 5) is 33.0. The summed E-state index contributed by atoms with van der Waals surface area (Å²) in [5.74, 6) is -1.52. The number of rotatable bonds is 3. The average molecular weight is 350 g/mol. The van der Waals surface area contributed by atoms with Crippen molar-refractivity contribution in [3.05, 3.63) is 24.5 Å². The summed E-state index contributed by atoms with van der Waals surface area (Å²) >= 11 is 0. The summed E-state index contributed by atoms with van der Waals surface area (Å²) in [6.07, 6.45) is 1.91. The van der Waals surface area contributed by atoms with Crippen molar-refractivity contribution in [2.24, 2.45) is 0 Å². The van der Waals surface area contributed by atoms with Crippen LogP contribution in [-0.2, 0) is 19.4 Å². The van der Waals surface area contributed by atoms with E-state index in [1.165, 1.54) is 4.90 Å². The normalized spacial score (nSPS) is 19.3. The first kappa shape index (κ1) is 16.4. The van der Waals surface area contributed by atoms with Crippen molar-refractivity contribution in [2.75, 3.05) is 23.4 Å². The molecule has 128 valence electrons. The van der Waals surface area contributed by atoms with Crippen LogP contribution in [0.15, 0.2) is 24.5 Å². The third kappa shape index (κ3) is 3.25. The van der Waals surface area contributed by atoms with Crippen molar-refractivity contribution in [3.8, 4) is 0 Å². The number of hydrogen-bond acceptors (Lipinski definition) is 5. The number of H-pyrrole nitrogens is 1. The number of carbonyl (C=O) groups excluding carboxylic acids is 2. The van der Waals surface area contributed by atoms with E-state index in [-0.39, 0.29) is 18.1 Å². The third-order valence-electron chi connectivity index (χ3n) is 4.12. The monoisotopic (exact) mass is 350 g/mol. The second-order valence-corrected chi connectivity index (χ2v) is 7.97. The number of aromatic nitrogens is 2. The number of hydrogen-bond donors (Lipinski definition) is 2. The van der Waals surface area contributed by atoms with Crippen molar-refractivity contribution in [2.45, 2.75) is 19.4 Å². The van der Waals surface area contributed by atoms with Gasteiger partial charge in [0, 0.05) is 18.3 Å². The molecule has 2 N–H and O–H groups in total. The van der Waals surface area contributed by atoms with Gasteiger partial charge in [-0.2, -0.15) is 0 Å². The van der Waals surface area contributed by atoms with Crippen LogP contribution < -0.4 is 5.32 Å². The Hall–Kier alpha value is -2.42. The Kier molecular flexibility index (Phi) is 4.27. The maximum Gasteiger partial charge on any atom is 0.313 e. The first-order chi connectivity index (χ1) is 11.4. The lowest BCUT2D eigenvalue weighted by atomic mass is 10.2. The Morgan fingerprint density at radius 1 is 1.42 bits per heavy atom. The lowest BCUT2D eigenvalue weighted by molar-refractivity contribution is -0.144. The predicted octanol–water partition coefficient (Wildman–Crippen LogP) is 0.537. The minimum Gasteiger partial charge on any atom is -0.345 e. The molecule has 3 rings (SSSR count). The molecule has 0 aliphatic carbocycles. The molecule has 0 saturated carbocycles. The van der Waals surface area contributed by atoms with Crippen LogP contribution in [0.5, 0.6) is 0 Å². The second kappa shape index (κ2) is 6.23. The molecule has 2 heterocycles. The van der Waals surface area contributed by atoms with E-state index in [0.717, 1.165) is 11.0 Å². The van der Waals surface area contributed by atoms with Crippen LogP contribution in [0.2, 0.25) is 0 Å². The highest BCUT2D eigenvalue weighted by molar-refractivity contribution is 7.91. The fraction of sp³-hybridized carbons (Fsp3) is 0.400. The van der Waals surface area contributed by atoms with Crippen molar-refractivity contribution in [1.82, 2.24) is 14.9 Å². The number of nitrogens with one attached hydrogen (secondary N) is 2. The SMILES string of the molecule is CCN(C(=O)C(=O)Nc1ccc2nc[nH]c2c1)C1CCS(=O)(=O)C1. The van der Waals surface area contributed by atoms with Crippen molar-refractivity contribution < 1.29 is 18.0 Å². The molecule has 8 nitrogen and oxygen atoms in total. The van der Waals surface area contributed by atoms with Crippen molar-refractivity contribution >= 4 is 38.4 Å². The van der Waals surface area contributed by atoms with E-state index in [0.29, 0.717) is 12.1 Å². The van der Waals surface area contributed by atoms with E-state index in [1.807, 2.05) is 0 Å². The highest BCUT2D eigenvalue weighted by Gasteiger charge is 2.35. The second-order valence-electron chi connectivity index (χ2n) is 5.74. The Morgan fingerprint density at radius 2 is 2.21 bits per heavy atom. The van der Waals surface area contributed by atoms with Gasteiger partial charge in [-0.05, 0) is 31.5 Å². The zero-order valence-corrected chi connectivity index (χ0v) is 14.0. The molecular formula is C15H18N4O4S. The molecule has 1 saturated heterocycles. The fourth-order valence-electron chi connectivity index (χ4n) is 2.92. The Balaban J connectivity index is 1.72. The average Bonchev–Trinajstić information content (AvgIpc) is 3.13. The molecule has 0 radical (unpaired) electrons. The predicted molar refractivity (Wildman–Crippen MR) is 89.2 cm³/mol. The van der Waals surface area contributed by atoms with Crippen LogP contribution in [0.25, 0.3) is 11.0 Å². The summed E-state index contributed by atoms with van der Waals surface area (Å²) in [5.41, 5.74) is 1.97. The highest BCUT2D eigenvalue weighted by Crippen LogP contribution is 2.19. The summed E-state index contributed by atoms with van der Waals surface area (Å²) in [7, 11) is -3.12. The van der Waals surface area contributed by atoms with Gasteiger partial charge in [-0.15, -0.1) is 0 Å². The number of fused-ring (bicyclic) bond motifs is 1. The van der Waals surface area contributed by atoms with Crippen LogP contribution in [-0.4, -0.2) is 59.2 Å². The van der Waals surface area contributed by atoms with E-state index in [2.05, 4.69) is 15.3 Å². The van der Waals surface area contributed by atoms with Gasteiger partial charge < -0.3 is 15.2 Å². The lowest BCUT2D eigenvalue weighted by Gasteiger charge is -2.26. The highest BCUT2D eigenvalue weighted by atomic mass is 32.2. The molecule has 1 aromatic carbocycles. The smallest absolute Gasteiger partial charge is 0.313 e. The lowest BCUT2D eigenvalue weighted by Crippen LogP contribution is -2.46. The first-order valence-corrected chi connectivity index (χ1v) is 9.47. The van der Waals surface area contributed by atoms with Gasteiger partial charge in [0.1, 0.15) is 0 Å². The molecule has 1 aromatic heterocycles. The Bertz CT molecular complexity index is 890. The Morgan fingerprint density at radius 3 is 2.88 bits per heavy atom. The van der Waals surface area contributed by atoms with Gasteiger partial charge in [0.15, 0.2) is 9.84 Å². The molecule has 24 heavy (non-hydrogen) atoms. The van der Waals surface area contributed by atoms with Gasteiger partial charge in [-0.25, -0.2) is 13.4 Å². The quantitative estimate of drug-likeness (QED) is 0.785. The number of nitrogens with zero attached hydrogens (tertiary/aromatic N) is 2. The van der Waals surface area contributed by atoms with Gasteiger partial charge in [0.2, 0.25) is 0 Å². The van der Waals surface area contributed by atoms with E-state index in [1.54, 1.807) is 31.5 Å². The number of benzene rings is 1. The first-order valence-electron chi connectivity index (χ1n) is 7.65. The van der Waals surface area contributed by atoms with Crippen LogP contribution in [0.4, 0.5) is 5.69 Å². The molecule has 1 atom stereocenters. The van der Waals surface area contributed by atoms with Gasteiger partial charge >= 0.3 is 11.8 Å². The van der Waals surface area contributed by atoms with Crippen LogP contribution >= 0.6 is 0 Å². The topological polar surface area (TPSA) is 112 Å². The zero-order chi connectivity index (χ0) is 17.3. The standard InChI is InChI=1S/C15H18N4O4S/c1-2-19(11-5-6-24(22,23)8-11)15(21)14(20)18-10-3-4-12-13(7-10)17-9-16-12/h3-4,7,9,11H,2,5-6,8H2,1H3,(H,16,17)(H,18,20). The van der Waals surface area contributed by atoms with Gasteiger partial charge in [-0.1, -0.05) is 0 Å². The number of sulfone groups is 1. The van der Waals surface area contributed by atoms with Gasteiger partial charge in [0.25, 0.3) is 0 Å². The minimum absolute atomic E-state index is 0.0551. The fourth-order valence-corrected chi connectivity index (χ4v) is 4.65. The van der Waals surface area contributed by atoms with Crippen LogP contribution in [0, 0.1) is 0 Å². The third-order valence-corrected chi connectivity index (χ3v) is 5.87. The molecule has 2 amide bonds. The van der Waals surface area contributed by atoms with Crippen LogP contribution in [0.3, 0.4) is 0 Å². The molecule has 1 fully saturated rings. The minimum atomic E-state index is -3.12. The maximum atomic E-state index is 12.4. The molecule has 9 heteroatoms. The Labute approximate surface area is 139 Å². The van der Waals surface area contributed by atoms with Gasteiger partial charge in [0.05, 0.1) is 28.9 Å². The van der Waals surface area contributed by atoms with Crippen molar-refractivity contribution in [1.29, 1.82) is 0 Å². The summed E-state index contributed by atoms with van der Waals surface area (Å²) in [6.45, 7) is 2.01. The molecule has 0 bridgehead atoms. The summed E-state index contributed by atoms with van der Waals surface area (Å²) in [6, 6.07) is 4.63. The number of anilines is 1. The molecule has 2 aromatic rings. The van der Waals surface area contributed by atoms with Crippen molar-refractivity contribution in [3.63, 3.8) is 0 Å². The van der Waals surface area contributed by atoms with Gasteiger partial charge in [-0.3, -0.25) is 9.59 Å². The number of imidazole rings is 1. The maximum absolute atomic E-state index is 12.4. The summed E-state index contributed by atoms with van der Waals surface area (Å²) in [5, 5.41) is 2.56. The zero-order valence-electron chi connectivity index (χ0n) is 13.2. The summed E-state index contributed by atoms with van der Waals surface area (Å²) < 4.78 is 23.2. The van der Waals surface area contributed by atoms with E-state index in [9.17, 15) is 18.0 Å². The van der Waals surface area contributed by atoms with Crippen LogP contribution in [0.1, 0.15) is 13.3 Å². The number of carbonyl (C=O) groups is 2. The number of amides is 2. The largest absolute Gasteiger partial charge is 0.345 e. The van der Waals surface area contributed by atoms with E-state index in [4.69, 9.17) is 0 Å². The molecule has 1 aliphatic heterocycles. The molecular weight excluding hydrogens is 332 g/mol. The number of likely N-dealkylation sites (N-methyl/N-ethyl adjacent to an activating group) is 1.